The van der Waals surface area contributed by atoms with Crippen molar-refractivity contribution in [3.8, 4) is 5.75 Å². The first-order valence-electron chi connectivity index (χ1n) is 5.39. The van der Waals surface area contributed by atoms with Gasteiger partial charge in [0.2, 0.25) is 0 Å². The zero-order valence-corrected chi connectivity index (χ0v) is 10.7. The Labute approximate surface area is 100 Å². The Hall–Kier alpha value is -1.49. The highest BCUT2D eigenvalue weighted by molar-refractivity contribution is 7.89. The number of aromatic hydroxyl groups is 1. The molecule has 0 aliphatic rings. The van der Waals surface area contributed by atoms with Crippen LogP contribution in [0.2, 0.25) is 0 Å². The summed E-state index contributed by atoms with van der Waals surface area (Å²) < 4.78 is 24.7. The standard InChI is InChI=1S/C12H15NO3S/c1-3-13-10(8-17(2,15)16)6-9-7-11(14)4-5-12(9)13/h4-7,14H,3,8H2,1-2H3. The summed E-state index contributed by atoms with van der Waals surface area (Å²) in [7, 11) is -3.05. The van der Waals surface area contributed by atoms with Crippen molar-refractivity contribution in [2.24, 2.45) is 0 Å². The molecule has 2 aromatic rings. The molecule has 0 aliphatic heterocycles. The second kappa shape index (κ2) is 4.07. The average molecular weight is 253 g/mol. The molecule has 0 saturated heterocycles. The molecule has 1 heterocycles. The molecule has 0 aliphatic carbocycles. The monoisotopic (exact) mass is 253 g/mol. The van der Waals surface area contributed by atoms with Crippen LogP contribution in [0.4, 0.5) is 0 Å². The van der Waals surface area contributed by atoms with E-state index >= 15 is 0 Å². The molecule has 1 aromatic carbocycles. The van der Waals surface area contributed by atoms with Gasteiger partial charge in [0.1, 0.15) is 5.75 Å². The highest BCUT2D eigenvalue weighted by atomic mass is 32.2. The van der Waals surface area contributed by atoms with Crippen molar-refractivity contribution in [2.75, 3.05) is 6.26 Å². The van der Waals surface area contributed by atoms with E-state index < -0.39 is 9.84 Å². The smallest absolute Gasteiger partial charge is 0.153 e. The van der Waals surface area contributed by atoms with Gasteiger partial charge in [-0.2, -0.15) is 0 Å². The fourth-order valence-electron chi connectivity index (χ4n) is 2.08. The van der Waals surface area contributed by atoms with Gasteiger partial charge in [0, 0.05) is 29.4 Å². The molecule has 2 rings (SSSR count). The maximum atomic E-state index is 11.3. The molecule has 0 saturated carbocycles. The van der Waals surface area contributed by atoms with E-state index in [0.717, 1.165) is 16.6 Å². The number of benzene rings is 1. The molecule has 0 fully saturated rings. The first-order chi connectivity index (χ1) is 7.90. The maximum absolute atomic E-state index is 11.3. The Kier molecular flexibility index (Phi) is 2.87. The van der Waals surface area contributed by atoms with Gasteiger partial charge >= 0.3 is 0 Å². The van der Waals surface area contributed by atoms with Gasteiger partial charge in [-0.15, -0.1) is 0 Å². The summed E-state index contributed by atoms with van der Waals surface area (Å²) in [6, 6.07) is 6.88. The number of aromatic nitrogens is 1. The van der Waals surface area contributed by atoms with E-state index in [-0.39, 0.29) is 11.5 Å². The molecule has 1 aromatic heterocycles. The molecule has 4 nitrogen and oxygen atoms in total. The Balaban J connectivity index is 2.63. The second-order valence-corrected chi connectivity index (χ2v) is 6.33. The predicted octanol–water partition coefficient (Wildman–Crippen LogP) is 1.91. The molecule has 0 radical (unpaired) electrons. The van der Waals surface area contributed by atoms with Gasteiger partial charge in [-0.3, -0.25) is 0 Å². The van der Waals surface area contributed by atoms with Crippen molar-refractivity contribution in [1.29, 1.82) is 0 Å². The molecular weight excluding hydrogens is 238 g/mol. The molecule has 92 valence electrons. The maximum Gasteiger partial charge on any atom is 0.153 e. The molecule has 0 bridgehead atoms. The van der Waals surface area contributed by atoms with Crippen molar-refractivity contribution in [2.45, 2.75) is 19.2 Å². The quantitative estimate of drug-likeness (QED) is 0.909. The first-order valence-corrected chi connectivity index (χ1v) is 7.45. The summed E-state index contributed by atoms with van der Waals surface area (Å²) in [5.41, 5.74) is 1.71. The lowest BCUT2D eigenvalue weighted by molar-refractivity contribution is 0.476. The number of nitrogens with zero attached hydrogens (tertiary/aromatic N) is 1. The lowest BCUT2D eigenvalue weighted by Gasteiger charge is -2.06. The summed E-state index contributed by atoms with van der Waals surface area (Å²) in [5.74, 6) is 0.215. The SMILES string of the molecule is CCn1c(CS(C)(=O)=O)cc2cc(O)ccc21. The van der Waals surface area contributed by atoms with Gasteiger partial charge in [-0.05, 0) is 31.2 Å². The van der Waals surface area contributed by atoms with Crippen molar-refractivity contribution >= 4 is 20.7 Å². The average Bonchev–Trinajstić information content (AvgIpc) is 2.51. The van der Waals surface area contributed by atoms with Crippen LogP contribution >= 0.6 is 0 Å². The van der Waals surface area contributed by atoms with Crippen LogP contribution in [0, 0.1) is 0 Å². The van der Waals surface area contributed by atoms with Crippen LogP contribution in [-0.2, 0) is 22.1 Å². The van der Waals surface area contributed by atoms with Gasteiger partial charge in [0.05, 0.1) is 5.75 Å². The van der Waals surface area contributed by atoms with Crippen LogP contribution in [-0.4, -0.2) is 24.3 Å². The topological polar surface area (TPSA) is 59.3 Å². The van der Waals surface area contributed by atoms with Gasteiger partial charge in [0.15, 0.2) is 9.84 Å². The Bertz CT molecular complexity index is 656. The predicted molar refractivity (Wildman–Crippen MR) is 67.8 cm³/mol. The van der Waals surface area contributed by atoms with Gasteiger partial charge in [0.25, 0.3) is 0 Å². The largest absolute Gasteiger partial charge is 0.508 e. The first kappa shape index (κ1) is 12.0. The number of hydrogen-bond acceptors (Lipinski definition) is 3. The number of sulfone groups is 1. The summed E-state index contributed by atoms with van der Waals surface area (Å²) in [6.07, 6.45) is 1.22. The van der Waals surface area contributed by atoms with Crippen LogP contribution < -0.4 is 0 Å². The van der Waals surface area contributed by atoms with E-state index in [0.29, 0.717) is 6.54 Å². The fraction of sp³-hybridized carbons (Fsp3) is 0.333. The van der Waals surface area contributed by atoms with Crippen molar-refractivity contribution in [3.63, 3.8) is 0 Å². The van der Waals surface area contributed by atoms with Crippen LogP contribution in [0.3, 0.4) is 0 Å². The summed E-state index contributed by atoms with van der Waals surface area (Å²) in [6.45, 7) is 2.68. The van der Waals surface area contributed by atoms with Gasteiger partial charge in [-0.1, -0.05) is 0 Å². The van der Waals surface area contributed by atoms with Crippen molar-refractivity contribution in [3.05, 3.63) is 30.0 Å². The highest BCUT2D eigenvalue weighted by Gasteiger charge is 2.12. The number of hydrogen-bond donors (Lipinski definition) is 1. The molecule has 0 amide bonds. The second-order valence-electron chi connectivity index (χ2n) is 4.19. The van der Waals surface area contributed by atoms with Gasteiger partial charge < -0.3 is 9.67 Å². The summed E-state index contributed by atoms with van der Waals surface area (Å²) >= 11 is 0. The fourth-order valence-corrected chi connectivity index (χ4v) is 2.85. The minimum atomic E-state index is -3.05. The van der Waals surface area contributed by atoms with Crippen LogP contribution in [0.15, 0.2) is 24.3 Å². The zero-order chi connectivity index (χ0) is 12.6. The molecular formula is C12H15NO3S. The number of aryl methyl sites for hydroxylation is 1. The van der Waals surface area contributed by atoms with E-state index in [4.69, 9.17) is 0 Å². The molecule has 1 N–H and O–H groups in total. The third-order valence-corrected chi connectivity index (χ3v) is 3.52. The zero-order valence-electron chi connectivity index (χ0n) is 9.84. The van der Waals surface area contributed by atoms with Crippen molar-refractivity contribution < 1.29 is 13.5 Å². The number of fused-ring (bicyclic) bond motifs is 1. The molecule has 17 heavy (non-hydrogen) atoms. The lowest BCUT2D eigenvalue weighted by Crippen LogP contribution is -2.07. The third-order valence-electron chi connectivity index (χ3n) is 2.70. The van der Waals surface area contributed by atoms with E-state index in [1.54, 1.807) is 18.2 Å². The van der Waals surface area contributed by atoms with E-state index in [2.05, 4.69) is 0 Å². The normalized spacial score (nSPS) is 12.1. The lowest BCUT2D eigenvalue weighted by atomic mass is 10.2. The summed E-state index contributed by atoms with van der Waals surface area (Å²) in [4.78, 5) is 0. The Morgan fingerprint density at radius 2 is 2.00 bits per heavy atom. The molecule has 0 unspecified atom stereocenters. The van der Waals surface area contributed by atoms with E-state index in [1.165, 1.54) is 6.26 Å². The third kappa shape index (κ3) is 2.44. The Morgan fingerprint density at radius 1 is 1.29 bits per heavy atom. The van der Waals surface area contributed by atoms with Crippen LogP contribution in [0.5, 0.6) is 5.75 Å². The Morgan fingerprint density at radius 3 is 2.59 bits per heavy atom. The van der Waals surface area contributed by atoms with Crippen LogP contribution in [0.25, 0.3) is 10.9 Å². The minimum Gasteiger partial charge on any atom is -0.508 e. The molecule has 5 heteroatoms. The minimum absolute atomic E-state index is 0.0241. The number of phenolic OH excluding ortho intramolecular Hbond substituents is 1. The van der Waals surface area contributed by atoms with Crippen LogP contribution in [0.1, 0.15) is 12.6 Å². The van der Waals surface area contributed by atoms with Crippen molar-refractivity contribution in [1.82, 2.24) is 4.57 Å². The van der Waals surface area contributed by atoms with E-state index in [1.807, 2.05) is 17.6 Å². The summed E-state index contributed by atoms with van der Waals surface area (Å²) in [5, 5.41) is 10.3. The van der Waals surface area contributed by atoms with E-state index in [9.17, 15) is 13.5 Å². The molecule has 0 spiro atoms. The number of rotatable bonds is 3. The molecule has 0 atom stereocenters. The number of phenols is 1. The van der Waals surface area contributed by atoms with Gasteiger partial charge in [-0.25, -0.2) is 8.42 Å². The highest BCUT2D eigenvalue weighted by Crippen LogP contribution is 2.25.